The predicted molar refractivity (Wildman–Crippen MR) is 389 cm³/mol. The van der Waals surface area contributed by atoms with Crippen LogP contribution in [-0.2, 0) is 10.8 Å². The third-order valence-electron chi connectivity index (χ3n) is 19.9. The average Bonchev–Trinajstić information content (AvgIpc) is 1.63. The molecule has 4 aromatic heterocycles. The van der Waals surface area contributed by atoms with Gasteiger partial charge in [-0.3, -0.25) is 0 Å². The first-order valence-electron chi connectivity index (χ1n) is 32.3. The second-order valence-electron chi connectivity index (χ2n) is 27.4. The number of hydrogen-bond donors (Lipinski definition) is 0. The van der Waals surface area contributed by atoms with Gasteiger partial charge in [0.15, 0.2) is 11.2 Å². The molecule has 13 aromatic carbocycles. The number of anilines is 6. The molecular weight excluding hydrogens is 1140 g/mol. The van der Waals surface area contributed by atoms with Gasteiger partial charge in [-0.05, 0) is 121 Å². The molecule has 0 bridgehead atoms. The van der Waals surface area contributed by atoms with E-state index in [2.05, 4.69) is 312 Å². The van der Waals surface area contributed by atoms with Crippen molar-refractivity contribution < 1.29 is 17.7 Å². The van der Waals surface area contributed by atoms with E-state index >= 15 is 0 Å². The quantitative estimate of drug-likeness (QED) is 0.155. The smallest absolute Gasteiger partial charge is 0.262 e. The lowest BCUT2D eigenvalue weighted by molar-refractivity contribution is 0.590. The Morgan fingerprint density at radius 1 is 0.269 bits per heavy atom. The summed E-state index contributed by atoms with van der Waals surface area (Å²) in [5.41, 5.74) is 26.0. The third kappa shape index (κ3) is 7.77. The van der Waals surface area contributed by atoms with Crippen LogP contribution in [0.1, 0.15) is 52.7 Å². The maximum absolute atomic E-state index is 7.73. The molecule has 0 atom stereocenters. The highest BCUT2D eigenvalue weighted by atomic mass is 16.3. The standard InChI is InChI=1S/C86H61BN2O4/c1-85(2,3)54-42-44-64(62(48-54)51-28-12-8-13-29-51)88-66-46-53(57-33-17-16-32-56(57)50-26-10-7-11-27-50)47-67-76(66)87(77-79(88)83-74(60-36-20-24-40-70(60)92-83)72-58-34-18-22-38-68(58)90-81(72)77)78-80(89(67)65-45-43-55(86(4,5)6)49-63(65)52-30-14-9-15-31-52)84-75(61-37-21-25-41-71(61)93-84)73-59-35-19-23-39-69(59)91-82(73)78/h7-49H,1-6H3. The van der Waals surface area contributed by atoms with E-state index in [1.165, 1.54) is 11.1 Å². The van der Waals surface area contributed by atoms with Crippen molar-refractivity contribution in [2.75, 3.05) is 9.80 Å². The lowest BCUT2D eigenvalue weighted by Crippen LogP contribution is -2.62. The summed E-state index contributed by atoms with van der Waals surface area (Å²) in [4.78, 5) is 5.12. The van der Waals surface area contributed by atoms with Crippen LogP contribution in [0.15, 0.2) is 279 Å². The summed E-state index contributed by atoms with van der Waals surface area (Å²) in [6.07, 6.45) is 0. The fraction of sp³-hybridized carbons (Fsp3) is 0.0930. The van der Waals surface area contributed by atoms with Crippen LogP contribution in [0.2, 0.25) is 0 Å². The van der Waals surface area contributed by atoms with Gasteiger partial charge in [-0.25, -0.2) is 0 Å². The Hall–Kier alpha value is -11.3. The summed E-state index contributed by atoms with van der Waals surface area (Å²) in [6, 6.07) is 94.9. The van der Waals surface area contributed by atoms with Gasteiger partial charge in [0.2, 0.25) is 0 Å². The molecule has 0 aliphatic carbocycles. The minimum atomic E-state index is -0.574. The van der Waals surface area contributed by atoms with E-state index in [-0.39, 0.29) is 10.8 Å². The summed E-state index contributed by atoms with van der Waals surface area (Å²) in [7, 11) is 0. The van der Waals surface area contributed by atoms with Crippen LogP contribution in [0.25, 0.3) is 132 Å². The molecule has 442 valence electrons. The van der Waals surface area contributed by atoms with E-state index in [1.807, 2.05) is 0 Å². The highest BCUT2D eigenvalue weighted by Crippen LogP contribution is 2.57. The third-order valence-corrected chi connectivity index (χ3v) is 19.9. The van der Waals surface area contributed by atoms with Crippen molar-refractivity contribution in [3.63, 3.8) is 0 Å². The van der Waals surface area contributed by atoms with Gasteiger partial charge in [-0.15, -0.1) is 0 Å². The highest BCUT2D eigenvalue weighted by Gasteiger charge is 2.51. The molecule has 19 rings (SSSR count). The minimum absolute atomic E-state index is 0.178. The van der Waals surface area contributed by atoms with Gasteiger partial charge in [0.1, 0.15) is 33.5 Å². The van der Waals surface area contributed by atoms with Crippen LogP contribution >= 0.6 is 0 Å². The number of rotatable bonds is 6. The Bertz CT molecular complexity index is 5650. The zero-order valence-electron chi connectivity index (χ0n) is 52.4. The first-order valence-corrected chi connectivity index (χ1v) is 32.3. The van der Waals surface area contributed by atoms with E-state index in [0.29, 0.717) is 0 Å². The topological polar surface area (TPSA) is 59.0 Å². The lowest BCUT2D eigenvalue weighted by Gasteiger charge is -2.45. The molecule has 0 saturated carbocycles. The van der Waals surface area contributed by atoms with Crippen molar-refractivity contribution in [2.24, 2.45) is 0 Å². The molecule has 0 radical (unpaired) electrons. The van der Waals surface area contributed by atoms with Gasteiger partial charge >= 0.3 is 0 Å². The molecule has 0 N–H and O–H groups in total. The Morgan fingerprint density at radius 3 is 0.957 bits per heavy atom. The van der Waals surface area contributed by atoms with Crippen molar-refractivity contribution in [1.29, 1.82) is 0 Å². The zero-order chi connectivity index (χ0) is 62.2. The Balaban J connectivity index is 1.09. The Labute approximate surface area is 538 Å². The van der Waals surface area contributed by atoms with Gasteiger partial charge < -0.3 is 27.5 Å². The second kappa shape index (κ2) is 19.6. The molecule has 0 unspecified atom stereocenters. The second-order valence-corrected chi connectivity index (χ2v) is 27.4. The molecule has 7 heteroatoms. The summed E-state index contributed by atoms with van der Waals surface area (Å²) in [6.45, 7) is 13.3. The monoisotopic (exact) mass is 1200 g/mol. The molecule has 2 aliphatic heterocycles. The molecule has 17 aromatic rings. The highest BCUT2D eigenvalue weighted by molar-refractivity contribution is 7.03. The van der Waals surface area contributed by atoms with Crippen LogP contribution < -0.4 is 26.2 Å². The van der Waals surface area contributed by atoms with E-state index in [1.54, 1.807) is 0 Å². The van der Waals surface area contributed by atoms with Gasteiger partial charge in [0, 0.05) is 76.5 Å². The number of nitrogens with zero attached hydrogens (tertiary/aromatic N) is 2. The number of para-hydroxylation sites is 4. The van der Waals surface area contributed by atoms with E-state index in [9.17, 15) is 0 Å². The van der Waals surface area contributed by atoms with Crippen molar-refractivity contribution in [1.82, 2.24) is 0 Å². The number of hydrogen-bond acceptors (Lipinski definition) is 6. The maximum Gasteiger partial charge on any atom is 0.262 e. The summed E-state index contributed by atoms with van der Waals surface area (Å²) >= 11 is 0. The molecule has 0 spiro atoms. The SMILES string of the molecule is CC(C)(C)c1ccc(N2c3cc(-c4ccccc4-c4ccccc4)cc4c3B(c3c2c2oc5ccccc5c2c2c3oc3ccccc32)c2c(c3oc5ccccc5c3c3c2oc2ccccc23)N4c2ccc(C(C)(C)C)cc2-c2ccccc2)c(-c2ccccc2)c1. The largest absolute Gasteiger partial charge is 0.456 e. The van der Waals surface area contributed by atoms with E-state index in [0.717, 1.165) is 183 Å². The maximum atomic E-state index is 7.73. The minimum Gasteiger partial charge on any atom is -0.456 e. The Morgan fingerprint density at radius 2 is 0.581 bits per heavy atom. The Kier molecular flexibility index (Phi) is 11.3. The lowest BCUT2D eigenvalue weighted by atomic mass is 9.33. The van der Waals surface area contributed by atoms with E-state index in [4.69, 9.17) is 17.7 Å². The summed E-state index contributed by atoms with van der Waals surface area (Å²) in [5.74, 6) is 0. The number of benzene rings is 13. The van der Waals surface area contributed by atoms with Crippen LogP contribution in [0, 0.1) is 0 Å². The molecule has 2 aliphatic rings. The van der Waals surface area contributed by atoms with Crippen molar-refractivity contribution in [3.8, 4) is 44.5 Å². The van der Waals surface area contributed by atoms with Crippen LogP contribution in [-0.4, -0.2) is 6.71 Å². The van der Waals surface area contributed by atoms with Gasteiger partial charge in [-0.2, -0.15) is 0 Å². The molecule has 0 amide bonds. The predicted octanol–water partition coefficient (Wildman–Crippen LogP) is 22.6. The molecule has 93 heavy (non-hydrogen) atoms. The molecular formula is C86H61BN2O4. The number of furan rings is 4. The average molecular weight is 1200 g/mol. The molecule has 0 saturated heterocycles. The van der Waals surface area contributed by atoms with Gasteiger partial charge in [0.25, 0.3) is 6.71 Å². The molecule has 6 heterocycles. The van der Waals surface area contributed by atoms with E-state index < -0.39 is 6.71 Å². The van der Waals surface area contributed by atoms with Gasteiger partial charge in [-0.1, -0.05) is 242 Å². The zero-order valence-corrected chi connectivity index (χ0v) is 52.4. The first kappa shape index (κ1) is 53.6. The van der Waals surface area contributed by atoms with Crippen LogP contribution in [0.3, 0.4) is 0 Å². The fourth-order valence-electron chi connectivity index (χ4n) is 15.6. The fourth-order valence-corrected chi connectivity index (χ4v) is 15.6. The van der Waals surface area contributed by atoms with Crippen LogP contribution in [0.4, 0.5) is 34.1 Å². The summed E-state index contributed by atoms with van der Waals surface area (Å²) in [5, 5.41) is 8.08. The van der Waals surface area contributed by atoms with Crippen molar-refractivity contribution in [3.05, 3.63) is 272 Å². The van der Waals surface area contributed by atoms with Crippen LogP contribution in [0.5, 0.6) is 0 Å². The van der Waals surface area contributed by atoms with Crippen molar-refractivity contribution >= 4 is 145 Å². The normalized spacial score (nSPS) is 13.2. The molecule has 6 nitrogen and oxygen atoms in total. The first-order chi connectivity index (χ1) is 45.4. The van der Waals surface area contributed by atoms with Crippen molar-refractivity contribution in [2.45, 2.75) is 52.4 Å². The summed E-state index contributed by atoms with van der Waals surface area (Å²) < 4.78 is 30.8. The molecule has 0 fully saturated rings. The number of fused-ring (bicyclic) bond motifs is 22. The van der Waals surface area contributed by atoms with Gasteiger partial charge in [0.05, 0.1) is 22.7 Å².